The number of thioether (sulfide) groups is 1. The van der Waals surface area contributed by atoms with Gasteiger partial charge in [-0.05, 0) is 23.6 Å². The zero-order chi connectivity index (χ0) is 19.5. The van der Waals surface area contributed by atoms with Crippen LogP contribution in [0.2, 0.25) is 0 Å². The number of thiazole rings is 1. The number of thiophene rings is 1. The second-order valence-electron chi connectivity index (χ2n) is 5.82. The Hall–Kier alpha value is -2.36. The summed E-state index contributed by atoms with van der Waals surface area (Å²) in [5, 5.41) is 14.5. The van der Waals surface area contributed by atoms with Crippen molar-refractivity contribution in [2.45, 2.75) is 10.9 Å². The van der Waals surface area contributed by atoms with E-state index in [1.807, 2.05) is 41.3 Å². The van der Waals surface area contributed by atoms with Crippen LogP contribution in [0.1, 0.15) is 5.69 Å². The van der Waals surface area contributed by atoms with Gasteiger partial charge in [-0.25, -0.2) is 4.98 Å². The summed E-state index contributed by atoms with van der Waals surface area (Å²) in [6, 6.07) is 9.89. The number of rotatable bonds is 7. The summed E-state index contributed by atoms with van der Waals surface area (Å²) in [5.74, 6) is 3.01. The number of nitrogens with zero attached hydrogens (tertiary/aromatic N) is 4. The molecule has 4 rings (SSSR count). The van der Waals surface area contributed by atoms with Gasteiger partial charge >= 0.3 is 0 Å². The molecule has 0 aliphatic heterocycles. The molecule has 0 N–H and O–H groups in total. The van der Waals surface area contributed by atoms with Gasteiger partial charge in [0, 0.05) is 18.2 Å². The number of aromatic nitrogens is 4. The third-order valence-electron chi connectivity index (χ3n) is 4.11. The van der Waals surface area contributed by atoms with Crippen LogP contribution in [-0.2, 0) is 12.8 Å². The van der Waals surface area contributed by atoms with Gasteiger partial charge in [0.05, 0.1) is 30.4 Å². The first kappa shape index (κ1) is 19.0. The van der Waals surface area contributed by atoms with Crippen LogP contribution in [0.3, 0.4) is 0 Å². The summed E-state index contributed by atoms with van der Waals surface area (Å²) < 4.78 is 12.9. The number of para-hydroxylation sites is 1. The van der Waals surface area contributed by atoms with Crippen LogP contribution in [0.4, 0.5) is 0 Å². The Bertz CT molecular complexity index is 1070. The maximum atomic E-state index is 5.53. The summed E-state index contributed by atoms with van der Waals surface area (Å²) in [5.41, 5.74) is 1.93. The Morgan fingerprint density at radius 3 is 2.71 bits per heavy atom. The van der Waals surface area contributed by atoms with Crippen LogP contribution in [0.25, 0.3) is 21.3 Å². The highest BCUT2D eigenvalue weighted by molar-refractivity contribution is 7.98. The molecule has 6 nitrogen and oxygen atoms in total. The molecule has 0 radical (unpaired) electrons. The van der Waals surface area contributed by atoms with Crippen molar-refractivity contribution < 1.29 is 9.47 Å². The number of methoxy groups -OCH3 is 2. The first-order valence-electron chi connectivity index (χ1n) is 8.43. The van der Waals surface area contributed by atoms with Gasteiger partial charge in [-0.1, -0.05) is 23.9 Å². The Morgan fingerprint density at radius 2 is 1.96 bits per heavy atom. The van der Waals surface area contributed by atoms with E-state index in [0.717, 1.165) is 37.9 Å². The van der Waals surface area contributed by atoms with E-state index in [1.165, 1.54) is 0 Å². The highest BCUT2D eigenvalue weighted by Crippen LogP contribution is 2.39. The van der Waals surface area contributed by atoms with E-state index < -0.39 is 0 Å². The summed E-state index contributed by atoms with van der Waals surface area (Å²) in [7, 11) is 5.27. The lowest BCUT2D eigenvalue weighted by molar-refractivity contribution is 0.356. The third kappa shape index (κ3) is 3.65. The fourth-order valence-electron chi connectivity index (χ4n) is 2.75. The molecule has 28 heavy (non-hydrogen) atoms. The van der Waals surface area contributed by atoms with E-state index in [1.54, 1.807) is 48.7 Å². The van der Waals surface area contributed by atoms with Crippen LogP contribution in [0, 0.1) is 0 Å². The lowest BCUT2D eigenvalue weighted by Gasteiger charge is -2.10. The minimum Gasteiger partial charge on any atom is -0.493 e. The lowest BCUT2D eigenvalue weighted by Crippen LogP contribution is -1.94. The van der Waals surface area contributed by atoms with Gasteiger partial charge in [-0.15, -0.1) is 32.9 Å². The van der Waals surface area contributed by atoms with Gasteiger partial charge in [0.25, 0.3) is 0 Å². The van der Waals surface area contributed by atoms with Crippen molar-refractivity contribution in [2.75, 3.05) is 14.2 Å². The fraction of sp³-hybridized carbons (Fsp3) is 0.211. The Kier molecular flexibility index (Phi) is 5.65. The van der Waals surface area contributed by atoms with Crippen LogP contribution in [0.15, 0.2) is 46.2 Å². The fourth-order valence-corrected chi connectivity index (χ4v) is 5.25. The molecule has 0 saturated heterocycles. The lowest BCUT2D eigenvalue weighted by atomic mass is 10.2. The van der Waals surface area contributed by atoms with Crippen molar-refractivity contribution in [2.24, 2.45) is 7.05 Å². The molecule has 0 aliphatic carbocycles. The van der Waals surface area contributed by atoms with Gasteiger partial charge < -0.3 is 14.0 Å². The topological polar surface area (TPSA) is 62.1 Å². The molecule has 0 atom stereocenters. The van der Waals surface area contributed by atoms with Crippen molar-refractivity contribution in [3.05, 3.63) is 46.8 Å². The molecule has 9 heteroatoms. The van der Waals surface area contributed by atoms with E-state index in [2.05, 4.69) is 21.6 Å². The standard InChI is InChI=1S/C19H18N4O2S3/c1-23-17(15-8-5-9-26-15)21-22-19(23)28-11-12-10-27-18(20-12)13-6-4-7-14(24-2)16(13)25-3/h4-10H,11H2,1-3H3. The van der Waals surface area contributed by atoms with Gasteiger partial charge in [0.2, 0.25) is 0 Å². The molecule has 0 amide bonds. The molecule has 0 bridgehead atoms. The predicted molar refractivity (Wildman–Crippen MR) is 115 cm³/mol. The molecule has 0 spiro atoms. The van der Waals surface area contributed by atoms with Crippen molar-refractivity contribution in [3.63, 3.8) is 0 Å². The predicted octanol–water partition coefficient (Wildman–Crippen LogP) is 4.98. The van der Waals surface area contributed by atoms with Crippen molar-refractivity contribution in [3.8, 4) is 32.8 Å². The Labute approximate surface area is 175 Å². The molecule has 0 fully saturated rings. The summed E-state index contributed by atoms with van der Waals surface area (Å²) >= 11 is 4.88. The summed E-state index contributed by atoms with van der Waals surface area (Å²) in [4.78, 5) is 5.89. The number of ether oxygens (including phenoxy) is 2. The van der Waals surface area contributed by atoms with E-state index in [9.17, 15) is 0 Å². The van der Waals surface area contributed by atoms with Crippen LogP contribution < -0.4 is 9.47 Å². The SMILES string of the molecule is COc1cccc(-c2nc(CSc3nnc(-c4cccs4)n3C)cs2)c1OC. The normalized spacial score (nSPS) is 11.0. The van der Waals surface area contributed by atoms with E-state index in [0.29, 0.717) is 11.5 Å². The zero-order valence-corrected chi connectivity index (χ0v) is 18.0. The average molecular weight is 431 g/mol. The molecule has 4 aromatic rings. The van der Waals surface area contributed by atoms with Crippen LogP contribution in [0.5, 0.6) is 11.5 Å². The molecule has 0 unspecified atom stereocenters. The molecule has 0 aliphatic rings. The Balaban J connectivity index is 1.51. The van der Waals surface area contributed by atoms with E-state index in [-0.39, 0.29) is 0 Å². The van der Waals surface area contributed by atoms with Crippen molar-refractivity contribution in [1.29, 1.82) is 0 Å². The summed E-state index contributed by atoms with van der Waals surface area (Å²) in [6.07, 6.45) is 0. The maximum absolute atomic E-state index is 5.53. The van der Waals surface area contributed by atoms with Crippen molar-refractivity contribution >= 4 is 34.4 Å². The van der Waals surface area contributed by atoms with E-state index in [4.69, 9.17) is 14.5 Å². The molecule has 1 aromatic carbocycles. The maximum Gasteiger partial charge on any atom is 0.191 e. The highest BCUT2D eigenvalue weighted by atomic mass is 32.2. The minimum atomic E-state index is 0.700. The zero-order valence-electron chi connectivity index (χ0n) is 15.6. The van der Waals surface area contributed by atoms with Gasteiger partial charge in [-0.2, -0.15) is 0 Å². The van der Waals surface area contributed by atoms with Gasteiger partial charge in [-0.3, -0.25) is 0 Å². The van der Waals surface area contributed by atoms with E-state index >= 15 is 0 Å². The Morgan fingerprint density at radius 1 is 1.07 bits per heavy atom. The smallest absolute Gasteiger partial charge is 0.191 e. The van der Waals surface area contributed by atoms with Crippen LogP contribution in [-0.4, -0.2) is 34.0 Å². The highest BCUT2D eigenvalue weighted by Gasteiger charge is 2.16. The average Bonchev–Trinajstić information content (AvgIpc) is 3.47. The van der Waals surface area contributed by atoms with Gasteiger partial charge in [0.15, 0.2) is 22.5 Å². The van der Waals surface area contributed by atoms with Crippen LogP contribution >= 0.6 is 34.4 Å². The molecule has 3 aromatic heterocycles. The monoisotopic (exact) mass is 430 g/mol. The molecular formula is C19H18N4O2S3. The first-order chi connectivity index (χ1) is 13.7. The minimum absolute atomic E-state index is 0.700. The van der Waals surface area contributed by atoms with Gasteiger partial charge in [0.1, 0.15) is 5.01 Å². The quantitative estimate of drug-likeness (QED) is 0.386. The second kappa shape index (κ2) is 8.34. The molecule has 3 heterocycles. The molecule has 0 saturated carbocycles. The molecule has 144 valence electrons. The largest absolute Gasteiger partial charge is 0.493 e. The first-order valence-corrected chi connectivity index (χ1v) is 11.2. The molecular weight excluding hydrogens is 412 g/mol. The number of benzene rings is 1. The number of hydrogen-bond donors (Lipinski definition) is 0. The summed E-state index contributed by atoms with van der Waals surface area (Å²) in [6.45, 7) is 0. The van der Waals surface area contributed by atoms with Crippen molar-refractivity contribution in [1.82, 2.24) is 19.7 Å². The number of hydrogen-bond acceptors (Lipinski definition) is 8. The third-order valence-corrected chi connectivity index (χ3v) is 6.95. The second-order valence-corrected chi connectivity index (χ2v) is 8.56.